The Bertz CT molecular complexity index is 519. The molecule has 1 aromatic heterocycles. The van der Waals surface area contributed by atoms with Gasteiger partial charge in [-0.15, -0.1) is 0 Å². The molecule has 1 heterocycles. The minimum Gasteiger partial charge on any atom is -0.298 e. The molecular formula is C13H9ClFNO. The highest BCUT2D eigenvalue weighted by Crippen LogP contribution is 2.21. The van der Waals surface area contributed by atoms with Gasteiger partial charge in [0.25, 0.3) is 0 Å². The Balaban J connectivity index is 2.28. The van der Waals surface area contributed by atoms with Gasteiger partial charge in [-0.1, -0.05) is 17.7 Å². The van der Waals surface area contributed by atoms with Crippen LogP contribution in [0.25, 0.3) is 0 Å². The fourth-order valence-corrected chi connectivity index (χ4v) is 1.72. The van der Waals surface area contributed by atoms with Gasteiger partial charge in [0.05, 0.1) is 0 Å². The lowest BCUT2D eigenvalue weighted by Crippen LogP contribution is -1.97. The van der Waals surface area contributed by atoms with Crippen LogP contribution in [-0.2, 0) is 6.42 Å². The molecule has 0 aliphatic rings. The third-order valence-corrected chi connectivity index (χ3v) is 2.76. The van der Waals surface area contributed by atoms with Crippen molar-refractivity contribution in [1.29, 1.82) is 0 Å². The molecule has 1 aromatic carbocycles. The first-order valence-corrected chi connectivity index (χ1v) is 5.41. The van der Waals surface area contributed by atoms with Gasteiger partial charge in [0.15, 0.2) is 6.29 Å². The summed E-state index contributed by atoms with van der Waals surface area (Å²) in [5.41, 5.74) is 1.58. The Morgan fingerprint density at radius 1 is 1.29 bits per heavy atom. The van der Waals surface area contributed by atoms with Crippen molar-refractivity contribution in [3.05, 3.63) is 64.2 Å². The average molecular weight is 250 g/mol. The highest BCUT2D eigenvalue weighted by molar-refractivity contribution is 6.31. The summed E-state index contributed by atoms with van der Waals surface area (Å²) in [5.74, 6) is -0.348. The second-order valence-corrected chi connectivity index (χ2v) is 3.98. The number of carbonyl (C=O) groups excluding carboxylic acids is 1. The molecule has 0 radical (unpaired) electrons. The van der Waals surface area contributed by atoms with Gasteiger partial charge in [0, 0.05) is 34.5 Å². The molecule has 0 spiro atoms. The average Bonchev–Trinajstić information content (AvgIpc) is 2.35. The van der Waals surface area contributed by atoms with E-state index in [9.17, 15) is 9.18 Å². The zero-order chi connectivity index (χ0) is 12.3. The fraction of sp³-hybridized carbons (Fsp3) is 0.0769. The Kier molecular flexibility index (Phi) is 3.49. The predicted octanol–water partition coefficient (Wildman–Crippen LogP) is 3.28. The molecule has 0 aliphatic heterocycles. The van der Waals surface area contributed by atoms with Crippen LogP contribution in [0.1, 0.15) is 21.6 Å². The molecular weight excluding hydrogens is 241 g/mol. The largest absolute Gasteiger partial charge is 0.298 e. The SMILES string of the molecule is O=Cc1ccc(Cc2c(F)cccc2Cl)nc1. The summed E-state index contributed by atoms with van der Waals surface area (Å²) in [4.78, 5) is 14.5. The predicted molar refractivity (Wildman–Crippen MR) is 63.8 cm³/mol. The molecule has 0 amide bonds. The fourth-order valence-electron chi connectivity index (χ4n) is 1.49. The number of carbonyl (C=O) groups is 1. The molecule has 0 saturated carbocycles. The minimum atomic E-state index is -0.348. The Labute approximate surface area is 103 Å². The van der Waals surface area contributed by atoms with Crippen LogP contribution in [0.5, 0.6) is 0 Å². The molecule has 0 bridgehead atoms. The molecule has 0 saturated heterocycles. The molecule has 0 N–H and O–H groups in total. The van der Waals surface area contributed by atoms with Gasteiger partial charge in [0.2, 0.25) is 0 Å². The number of hydrogen-bond donors (Lipinski definition) is 0. The van der Waals surface area contributed by atoms with Crippen LogP contribution >= 0.6 is 11.6 Å². The van der Waals surface area contributed by atoms with Crippen LogP contribution in [0.3, 0.4) is 0 Å². The molecule has 0 atom stereocenters. The quantitative estimate of drug-likeness (QED) is 0.782. The van der Waals surface area contributed by atoms with Crippen molar-refractivity contribution in [2.24, 2.45) is 0 Å². The maximum atomic E-state index is 13.5. The third kappa shape index (κ3) is 2.68. The van der Waals surface area contributed by atoms with E-state index < -0.39 is 0 Å². The highest BCUT2D eigenvalue weighted by atomic mass is 35.5. The monoisotopic (exact) mass is 249 g/mol. The standard InChI is InChI=1S/C13H9ClFNO/c14-12-2-1-3-13(15)11(12)6-10-5-4-9(8-17)7-16-10/h1-5,7-8H,6H2. The van der Waals surface area contributed by atoms with Crippen LogP contribution < -0.4 is 0 Å². The van der Waals surface area contributed by atoms with Crippen LogP contribution in [0.4, 0.5) is 4.39 Å². The van der Waals surface area contributed by atoms with Gasteiger partial charge in [-0.3, -0.25) is 9.78 Å². The number of aldehydes is 1. The van der Waals surface area contributed by atoms with Crippen molar-refractivity contribution >= 4 is 17.9 Å². The maximum absolute atomic E-state index is 13.5. The van der Waals surface area contributed by atoms with E-state index >= 15 is 0 Å². The van der Waals surface area contributed by atoms with E-state index in [2.05, 4.69) is 4.98 Å². The molecule has 0 fully saturated rings. The summed E-state index contributed by atoms with van der Waals surface area (Å²) in [5, 5.41) is 0.381. The van der Waals surface area contributed by atoms with Gasteiger partial charge < -0.3 is 0 Å². The summed E-state index contributed by atoms with van der Waals surface area (Å²) in [7, 11) is 0. The van der Waals surface area contributed by atoms with Crippen molar-refractivity contribution < 1.29 is 9.18 Å². The molecule has 2 rings (SSSR count). The molecule has 2 aromatic rings. The zero-order valence-electron chi connectivity index (χ0n) is 8.86. The van der Waals surface area contributed by atoms with Crippen molar-refractivity contribution in [2.75, 3.05) is 0 Å². The lowest BCUT2D eigenvalue weighted by Gasteiger charge is -2.05. The smallest absolute Gasteiger partial charge is 0.151 e. The number of rotatable bonds is 3. The van der Waals surface area contributed by atoms with Crippen molar-refractivity contribution in [2.45, 2.75) is 6.42 Å². The van der Waals surface area contributed by atoms with Crippen LogP contribution in [0.2, 0.25) is 5.02 Å². The lowest BCUT2D eigenvalue weighted by molar-refractivity contribution is 0.112. The van der Waals surface area contributed by atoms with E-state index in [-0.39, 0.29) is 5.82 Å². The summed E-state index contributed by atoms with van der Waals surface area (Å²) in [6.45, 7) is 0. The summed E-state index contributed by atoms with van der Waals surface area (Å²) in [6.07, 6.45) is 2.48. The first-order valence-electron chi connectivity index (χ1n) is 5.03. The lowest BCUT2D eigenvalue weighted by atomic mass is 10.1. The molecule has 0 unspecified atom stereocenters. The summed E-state index contributed by atoms with van der Waals surface area (Å²) >= 11 is 5.91. The van der Waals surface area contributed by atoms with Gasteiger partial charge in [-0.05, 0) is 24.3 Å². The highest BCUT2D eigenvalue weighted by Gasteiger charge is 2.08. The van der Waals surface area contributed by atoms with Crippen molar-refractivity contribution in [3.63, 3.8) is 0 Å². The van der Waals surface area contributed by atoms with E-state index in [1.165, 1.54) is 12.3 Å². The second-order valence-electron chi connectivity index (χ2n) is 3.58. The molecule has 4 heteroatoms. The maximum Gasteiger partial charge on any atom is 0.151 e. The molecule has 86 valence electrons. The van der Waals surface area contributed by atoms with E-state index in [1.54, 1.807) is 24.3 Å². The van der Waals surface area contributed by atoms with Crippen LogP contribution in [0, 0.1) is 5.82 Å². The van der Waals surface area contributed by atoms with Crippen molar-refractivity contribution in [1.82, 2.24) is 4.98 Å². The van der Waals surface area contributed by atoms with Crippen LogP contribution in [0.15, 0.2) is 36.5 Å². The third-order valence-electron chi connectivity index (χ3n) is 2.40. The molecule has 2 nitrogen and oxygen atoms in total. The van der Waals surface area contributed by atoms with Gasteiger partial charge in [0.1, 0.15) is 5.82 Å². The number of hydrogen-bond acceptors (Lipinski definition) is 2. The number of pyridine rings is 1. The zero-order valence-corrected chi connectivity index (χ0v) is 9.62. The number of benzene rings is 1. The van der Waals surface area contributed by atoms with Crippen LogP contribution in [-0.4, -0.2) is 11.3 Å². The molecule has 17 heavy (non-hydrogen) atoms. The topological polar surface area (TPSA) is 30.0 Å². The molecule has 0 aliphatic carbocycles. The Morgan fingerprint density at radius 2 is 2.12 bits per heavy atom. The Hall–Kier alpha value is -1.74. The van der Waals surface area contributed by atoms with E-state index in [1.807, 2.05) is 0 Å². The van der Waals surface area contributed by atoms with Crippen molar-refractivity contribution in [3.8, 4) is 0 Å². The number of halogens is 2. The summed E-state index contributed by atoms with van der Waals surface area (Å²) in [6, 6.07) is 7.89. The minimum absolute atomic E-state index is 0.310. The normalized spacial score (nSPS) is 10.2. The number of aromatic nitrogens is 1. The first kappa shape index (κ1) is 11.7. The first-order chi connectivity index (χ1) is 8.20. The Morgan fingerprint density at radius 3 is 2.71 bits per heavy atom. The van der Waals surface area contributed by atoms with Gasteiger partial charge in [-0.25, -0.2) is 4.39 Å². The summed E-state index contributed by atoms with van der Waals surface area (Å²) < 4.78 is 13.5. The van der Waals surface area contributed by atoms with E-state index in [4.69, 9.17) is 11.6 Å². The second kappa shape index (κ2) is 5.06. The van der Waals surface area contributed by atoms with Gasteiger partial charge >= 0.3 is 0 Å². The van der Waals surface area contributed by atoms with E-state index in [0.29, 0.717) is 34.6 Å². The van der Waals surface area contributed by atoms with Gasteiger partial charge in [-0.2, -0.15) is 0 Å². The number of nitrogens with zero attached hydrogens (tertiary/aromatic N) is 1. The van der Waals surface area contributed by atoms with E-state index in [0.717, 1.165) is 0 Å².